The Morgan fingerprint density at radius 2 is 0.774 bits per heavy atom. The number of nitriles is 1. The normalized spacial score (nSPS) is 11.5. The molecule has 0 fully saturated rings. The fourth-order valence-corrected chi connectivity index (χ4v) is 9.14. The molecule has 0 aliphatic carbocycles. The standard InChI is InChI=1S/C57H35N5/c58-36-37-19-21-39(22-20-37)52-35-51(38-11-3-1-4-12-38)59-57(60-52)62-54-18-10-8-16-48(54)50-34-45(28-30-56(50)62)43-26-24-40-31-42(25-23-41(40)32-43)44-27-29-55-49(33-44)47-15-7-9-17-53(47)61(55)46-13-5-2-6-14-46/h1-35H. The third-order valence-electron chi connectivity index (χ3n) is 12.2. The molecule has 5 nitrogen and oxygen atoms in total. The van der Waals surface area contributed by atoms with Crippen molar-refractivity contribution in [2.45, 2.75) is 0 Å². The topological polar surface area (TPSA) is 59.4 Å². The molecule has 0 bridgehead atoms. The Labute approximate surface area is 357 Å². The predicted octanol–water partition coefficient (Wildman–Crippen LogP) is 14.4. The van der Waals surface area contributed by atoms with Gasteiger partial charge in [0.2, 0.25) is 5.95 Å². The van der Waals surface area contributed by atoms with Gasteiger partial charge in [0, 0.05) is 38.4 Å². The van der Waals surface area contributed by atoms with Crippen LogP contribution in [0, 0.1) is 11.3 Å². The molecule has 9 aromatic carbocycles. The summed E-state index contributed by atoms with van der Waals surface area (Å²) >= 11 is 0. The minimum Gasteiger partial charge on any atom is -0.309 e. The van der Waals surface area contributed by atoms with Crippen LogP contribution >= 0.6 is 0 Å². The van der Waals surface area contributed by atoms with Gasteiger partial charge < -0.3 is 4.57 Å². The van der Waals surface area contributed by atoms with Crippen LogP contribution in [0.3, 0.4) is 0 Å². The molecule has 0 saturated heterocycles. The summed E-state index contributed by atoms with van der Waals surface area (Å²) in [6.45, 7) is 0. The second kappa shape index (κ2) is 14.3. The van der Waals surface area contributed by atoms with Crippen molar-refractivity contribution in [2.24, 2.45) is 0 Å². The number of rotatable bonds is 6. The molecule has 288 valence electrons. The zero-order valence-corrected chi connectivity index (χ0v) is 33.4. The van der Waals surface area contributed by atoms with Gasteiger partial charge >= 0.3 is 0 Å². The van der Waals surface area contributed by atoms with Crippen LogP contribution in [-0.2, 0) is 0 Å². The summed E-state index contributed by atoms with van der Waals surface area (Å²) in [5.41, 5.74) is 14.5. The smallest absolute Gasteiger partial charge is 0.235 e. The highest BCUT2D eigenvalue weighted by Crippen LogP contribution is 2.38. The monoisotopic (exact) mass is 789 g/mol. The van der Waals surface area contributed by atoms with Crippen molar-refractivity contribution in [3.8, 4) is 62.5 Å². The summed E-state index contributed by atoms with van der Waals surface area (Å²) < 4.78 is 4.53. The van der Waals surface area contributed by atoms with Gasteiger partial charge in [-0.3, -0.25) is 4.57 Å². The Hall–Kier alpha value is -8.59. The number of hydrogen-bond acceptors (Lipinski definition) is 3. The largest absolute Gasteiger partial charge is 0.309 e. The van der Waals surface area contributed by atoms with Crippen LogP contribution in [0.2, 0.25) is 0 Å². The molecule has 62 heavy (non-hydrogen) atoms. The van der Waals surface area contributed by atoms with Gasteiger partial charge in [-0.15, -0.1) is 0 Å². The second-order valence-electron chi connectivity index (χ2n) is 15.8. The Morgan fingerprint density at radius 3 is 1.35 bits per heavy atom. The van der Waals surface area contributed by atoms with Crippen LogP contribution in [0.5, 0.6) is 0 Å². The van der Waals surface area contributed by atoms with Crippen LogP contribution in [-0.4, -0.2) is 19.1 Å². The SMILES string of the molecule is N#Cc1ccc(-c2cc(-c3ccccc3)nc(-n3c4ccccc4c4cc(-c5ccc6cc(-c7ccc8c(c7)c7ccccc7n8-c7ccccc7)ccc6c5)ccc43)n2)cc1. The second-order valence-corrected chi connectivity index (χ2v) is 15.8. The summed E-state index contributed by atoms with van der Waals surface area (Å²) in [4.78, 5) is 10.4. The number of benzene rings is 9. The van der Waals surface area contributed by atoms with E-state index in [1.165, 1.54) is 43.7 Å². The number of fused-ring (bicyclic) bond motifs is 7. The number of hydrogen-bond donors (Lipinski definition) is 0. The van der Waals surface area contributed by atoms with Crippen molar-refractivity contribution in [3.63, 3.8) is 0 Å². The first-order valence-corrected chi connectivity index (χ1v) is 20.8. The highest BCUT2D eigenvalue weighted by Gasteiger charge is 2.18. The van der Waals surface area contributed by atoms with Gasteiger partial charge in [-0.25, -0.2) is 9.97 Å². The van der Waals surface area contributed by atoms with Gasteiger partial charge in [0.15, 0.2) is 0 Å². The molecular formula is C57H35N5. The molecule has 0 unspecified atom stereocenters. The van der Waals surface area contributed by atoms with E-state index in [0.717, 1.165) is 61.1 Å². The summed E-state index contributed by atoms with van der Waals surface area (Å²) in [5.74, 6) is 0.590. The van der Waals surface area contributed by atoms with E-state index in [4.69, 9.17) is 9.97 Å². The van der Waals surface area contributed by atoms with Crippen LogP contribution in [0.1, 0.15) is 5.56 Å². The fourth-order valence-electron chi connectivity index (χ4n) is 9.14. The molecule has 0 aliphatic heterocycles. The van der Waals surface area contributed by atoms with E-state index in [2.05, 4.69) is 179 Å². The highest BCUT2D eigenvalue weighted by atomic mass is 15.2. The maximum Gasteiger partial charge on any atom is 0.235 e. The first-order valence-electron chi connectivity index (χ1n) is 20.8. The molecular weight excluding hydrogens is 755 g/mol. The molecule has 5 heteroatoms. The van der Waals surface area contributed by atoms with Crippen molar-refractivity contribution >= 4 is 54.4 Å². The van der Waals surface area contributed by atoms with Crippen LogP contribution in [0.15, 0.2) is 212 Å². The maximum absolute atomic E-state index is 9.45. The van der Waals surface area contributed by atoms with E-state index < -0.39 is 0 Å². The Bertz CT molecular complexity index is 3740. The lowest BCUT2D eigenvalue weighted by molar-refractivity contribution is 0.995. The van der Waals surface area contributed by atoms with Crippen molar-refractivity contribution in [1.29, 1.82) is 5.26 Å². The van der Waals surface area contributed by atoms with E-state index in [-0.39, 0.29) is 0 Å². The van der Waals surface area contributed by atoms with E-state index in [1.807, 2.05) is 48.5 Å². The molecule has 0 saturated carbocycles. The Kier molecular flexibility index (Phi) is 8.16. The molecule has 3 heterocycles. The molecule has 0 aliphatic rings. The summed E-state index contributed by atoms with van der Waals surface area (Å²) in [7, 11) is 0. The third kappa shape index (κ3) is 5.85. The van der Waals surface area contributed by atoms with Gasteiger partial charge in [-0.2, -0.15) is 5.26 Å². The quantitative estimate of drug-likeness (QED) is 0.169. The number of aromatic nitrogens is 4. The molecule has 0 spiro atoms. The average Bonchev–Trinajstić information content (AvgIpc) is 3.86. The van der Waals surface area contributed by atoms with Gasteiger partial charge in [0.25, 0.3) is 0 Å². The predicted molar refractivity (Wildman–Crippen MR) is 255 cm³/mol. The Balaban J connectivity index is 0.936. The van der Waals surface area contributed by atoms with E-state index in [9.17, 15) is 5.26 Å². The molecule has 0 atom stereocenters. The summed E-state index contributed by atoms with van der Waals surface area (Å²) in [6, 6.07) is 76.9. The van der Waals surface area contributed by atoms with Gasteiger partial charge in [0.1, 0.15) is 0 Å². The van der Waals surface area contributed by atoms with Crippen LogP contribution in [0.25, 0.3) is 111 Å². The molecule has 12 aromatic rings. The maximum atomic E-state index is 9.45. The number of para-hydroxylation sites is 3. The lowest BCUT2D eigenvalue weighted by Gasteiger charge is -2.12. The number of nitrogens with zero attached hydrogens (tertiary/aromatic N) is 5. The molecule has 12 rings (SSSR count). The van der Waals surface area contributed by atoms with Gasteiger partial charge in [-0.1, -0.05) is 133 Å². The van der Waals surface area contributed by atoms with Crippen molar-refractivity contribution < 1.29 is 0 Å². The summed E-state index contributed by atoms with van der Waals surface area (Å²) in [5, 5.41) is 16.6. The fraction of sp³-hybridized carbons (Fsp3) is 0. The third-order valence-corrected chi connectivity index (χ3v) is 12.2. The molecule has 0 N–H and O–H groups in total. The van der Waals surface area contributed by atoms with Gasteiger partial charge in [0.05, 0.1) is 45.1 Å². The lowest BCUT2D eigenvalue weighted by atomic mass is 9.96. The van der Waals surface area contributed by atoms with E-state index in [0.29, 0.717) is 11.5 Å². The molecule has 0 radical (unpaired) electrons. The average molecular weight is 790 g/mol. The van der Waals surface area contributed by atoms with Crippen molar-refractivity contribution in [3.05, 3.63) is 218 Å². The van der Waals surface area contributed by atoms with Gasteiger partial charge in [-0.05, 0) is 112 Å². The minimum atomic E-state index is 0.590. The zero-order valence-electron chi connectivity index (χ0n) is 33.4. The van der Waals surface area contributed by atoms with Crippen molar-refractivity contribution in [2.75, 3.05) is 0 Å². The summed E-state index contributed by atoms with van der Waals surface area (Å²) in [6.07, 6.45) is 0. The zero-order chi connectivity index (χ0) is 41.1. The Morgan fingerprint density at radius 1 is 0.339 bits per heavy atom. The van der Waals surface area contributed by atoms with Crippen LogP contribution in [0.4, 0.5) is 0 Å². The van der Waals surface area contributed by atoms with E-state index >= 15 is 0 Å². The highest BCUT2D eigenvalue weighted by molar-refractivity contribution is 6.12. The van der Waals surface area contributed by atoms with E-state index in [1.54, 1.807) is 0 Å². The van der Waals surface area contributed by atoms with Crippen LogP contribution < -0.4 is 0 Å². The first-order chi connectivity index (χ1) is 30.7. The molecule has 3 aromatic heterocycles. The van der Waals surface area contributed by atoms with Crippen molar-refractivity contribution in [1.82, 2.24) is 19.1 Å². The first kappa shape index (κ1) is 35.4. The molecule has 0 amide bonds. The lowest BCUT2D eigenvalue weighted by Crippen LogP contribution is -2.04. The minimum absolute atomic E-state index is 0.590.